The van der Waals surface area contributed by atoms with Gasteiger partial charge in [0.25, 0.3) is 11.1 Å². The molecule has 0 spiro atoms. The molecule has 6 heteroatoms. The van der Waals surface area contributed by atoms with Crippen LogP contribution in [0.2, 0.25) is 5.02 Å². The highest BCUT2D eigenvalue weighted by Gasteiger charge is 2.34. The average Bonchev–Trinajstić information content (AvgIpc) is 3.11. The second-order valence-corrected chi connectivity index (χ2v) is 6.67. The van der Waals surface area contributed by atoms with Gasteiger partial charge in [-0.1, -0.05) is 23.7 Å². The van der Waals surface area contributed by atoms with Gasteiger partial charge in [0.2, 0.25) is 0 Å². The molecule has 1 fully saturated rings. The molecule has 1 aliphatic rings. The number of nitrogens with zero attached hydrogens (tertiary/aromatic N) is 1. The van der Waals surface area contributed by atoms with Crippen molar-refractivity contribution in [2.24, 2.45) is 0 Å². The molecule has 0 atom stereocenters. The Morgan fingerprint density at radius 1 is 1.29 bits per heavy atom. The average molecular weight is 360 g/mol. The number of carbonyl (C=O) groups excluding carboxylic acids is 2. The van der Waals surface area contributed by atoms with Crippen molar-refractivity contribution in [1.82, 2.24) is 4.90 Å². The van der Waals surface area contributed by atoms with E-state index >= 15 is 0 Å². The van der Waals surface area contributed by atoms with Crippen LogP contribution in [0.1, 0.15) is 11.3 Å². The second-order valence-electron chi connectivity index (χ2n) is 5.24. The predicted molar refractivity (Wildman–Crippen MR) is 96.8 cm³/mol. The van der Waals surface area contributed by atoms with Gasteiger partial charge in [0.05, 0.1) is 4.91 Å². The van der Waals surface area contributed by atoms with E-state index < -0.39 is 0 Å². The molecule has 4 nitrogen and oxygen atoms in total. The highest BCUT2D eigenvalue weighted by Crippen LogP contribution is 2.34. The van der Waals surface area contributed by atoms with Crippen LogP contribution in [0.15, 0.2) is 52.3 Å². The highest BCUT2D eigenvalue weighted by molar-refractivity contribution is 8.18. The smallest absolute Gasteiger partial charge is 0.293 e. The number of amides is 2. The lowest BCUT2D eigenvalue weighted by Crippen LogP contribution is -2.27. The first kappa shape index (κ1) is 16.6. The van der Waals surface area contributed by atoms with E-state index in [0.29, 0.717) is 21.4 Å². The number of furan rings is 1. The highest BCUT2D eigenvalue weighted by atomic mass is 35.5. The summed E-state index contributed by atoms with van der Waals surface area (Å²) in [5.74, 6) is 0.835. The van der Waals surface area contributed by atoms with Crippen LogP contribution in [0.3, 0.4) is 0 Å². The fourth-order valence-electron chi connectivity index (χ4n) is 2.35. The molecule has 1 aliphatic heterocycles. The first-order valence-corrected chi connectivity index (χ1v) is 8.41. The monoisotopic (exact) mass is 359 g/mol. The third kappa shape index (κ3) is 3.18. The van der Waals surface area contributed by atoms with Crippen molar-refractivity contribution in [3.8, 4) is 11.3 Å². The SMILES string of the molecule is C=CCN1C(=O)S/C(=C/c2ccc(-c3cc(Cl)ccc3C)o2)C1=O. The molecule has 0 N–H and O–H groups in total. The molecule has 0 unspecified atom stereocenters. The van der Waals surface area contributed by atoms with Crippen LogP contribution < -0.4 is 0 Å². The summed E-state index contributed by atoms with van der Waals surface area (Å²) in [6.07, 6.45) is 3.10. The van der Waals surface area contributed by atoms with Crippen molar-refractivity contribution in [1.29, 1.82) is 0 Å². The number of imide groups is 1. The van der Waals surface area contributed by atoms with Gasteiger partial charge in [0, 0.05) is 23.2 Å². The molecule has 24 heavy (non-hydrogen) atoms. The summed E-state index contributed by atoms with van der Waals surface area (Å²) < 4.78 is 5.80. The first-order chi connectivity index (χ1) is 11.5. The van der Waals surface area contributed by atoms with Gasteiger partial charge in [-0.05, 0) is 48.5 Å². The third-order valence-corrected chi connectivity index (χ3v) is 4.69. The van der Waals surface area contributed by atoms with E-state index in [0.717, 1.165) is 27.8 Å². The van der Waals surface area contributed by atoms with Crippen LogP contribution in [0, 0.1) is 6.92 Å². The zero-order valence-corrected chi connectivity index (χ0v) is 14.5. The number of carbonyl (C=O) groups is 2. The van der Waals surface area contributed by atoms with Crippen molar-refractivity contribution in [3.63, 3.8) is 0 Å². The molecule has 3 rings (SSSR count). The van der Waals surface area contributed by atoms with Crippen LogP contribution in [0.5, 0.6) is 0 Å². The summed E-state index contributed by atoms with van der Waals surface area (Å²) in [6.45, 7) is 5.72. The van der Waals surface area contributed by atoms with Gasteiger partial charge >= 0.3 is 0 Å². The van der Waals surface area contributed by atoms with E-state index in [1.54, 1.807) is 12.1 Å². The predicted octanol–water partition coefficient (Wildman–Crippen LogP) is 5.13. The molecule has 1 aromatic carbocycles. The first-order valence-electron chi connectivity index (χ1n) is 7.22. The molecule has 0 bridgehead atoms. The molecule has 2 amide bonds. The molecule has 122 valence electrons. The Balaban J connectivity index is 1.89. The molecule has 0 aliphatic carbocycles. The van der Waals surface area contributed by atoms with Gasteiger partial charge < -0.3 is 4.42 Å². The number of halogens is 1. The minimum atomic E-state index is -0.332. The lowest BCUT2D eigenvalue weighted by Gasteiger charge is -2.07. The standard InChI is InChI=1S/C18H14ClNO3S/c1-3-8-20-17(21)16(24-18(20)22)10-13-6-7-15(23-13)14-9-12(19)5-4-11(14)2/h3-7,9-10H,1,8H2,2H3/b16-10+. The van der Waals surface area contributed by atoms with Gasteiger partial charge in [-0.2, -0.15) is 0 Å². The van der Waals surface area contributed by atoms with Gasteiger partial charge in [-0.15, -0.1) is 6.58 Å². The summed E-state index contributed by atoms with van der Waals surface area (Å²) >= 11 is 6.94. The van der Waals surface area contributed by atoms with E-state index in [1.165, 1.54) is 6.08 Å². The van der Waals surface area contributed by atoms with Crippen LogP contribution in [-0.2, 0) is 4.79 Å². The zero-order valence-electron chi connectivity index (χ0n) is 12.9. The van der Waals surface area contributed by atoms with Crippen molar-refractivity contribution in [2.75, 3.05) is 6.54 Å². The van der Waals surface area contributed by atoms with Crippen molar-refractivity contribution in [3.05, 3.63) is 64.2 Å². The van der Waals surface area contributed by atoms with Gasteiger partial charge in [-0.3, -0.25) is 14.5 Å². The maximum absolute atomic E-state index is 12.2. The third-order valence-electron chi connectivity index (χ3n) is 3.55. The fraction of sp³-hybridized carbons (Fsp3) is 0.111. The van der Waals surface area contributed by atoms with Crippen molar-refractivity contribution < 1.29 is 14.0 Å². The fourth-order valence-corrected chi connectivity index (χ4v) is 3.35. The Kier molecular flexibility index (Phi) is 4.64. The maximum atomic E-state index is 12.2. The summed E-state index contributed by atoms with van der Waals surface area (Å²) in [5.41, 5.74) is 1.92. The molecule has 2 aromatic rings. The van der Waals surface area contributed by atoms with Crippen LogP contribution in [0.25, 0.3) is 17.4 Å². The number of aryl methyl sites for hydroxylation is 1. The Morgan fingerprint density at radius 3 is 2.83 bits per heavy atom. The zero-order chi connectivity index (χ0) is 17.3. The summed E-state index contributed by atoms with van der Waals surface area (Å²) in [4.78, 5) is 25.5. The minimum Gasteiger partial charge on any atom is -0.457 e. The van der Waals surface area contributed by atoms with Crippen LogP contribution >= 0.6 is 23.4 Å². The Hall–Kier alpha value is -2.24. The molecule has 0 saturated carbocycles. The van der Waals surface area contributed by atoms with Crippen LogP contribution in [0.4, 0.5) is 4.79 Å². The summed E-state index contributed by atoms with van der Waals surface area (Å²) in [7, 11) is 0. The van der Waals surface area contributed by atoms with E-state index in [9.17, 15) is 9.59 Å². The lowest BCUT2D eigenvalue weighted by molar-refractivity contribution is -0.122. The summed E-state index contributed by atoms with van der Waals surface area (Å²) in [5, 5.41) is 0.322. The van der Waals surface area contributed by atoms with E-state index in [4.69, 9.17) is 16.0 Å². The second kappa shape index (κ2) is 6.71. The Labute approximate surface area is 148 Å². The van der Waals surface area contributed by atoms with Gasteiger partial charge in [0.15, 0.2) is 0 Å². The number of benzene rings is 1. The van der Waals surface area contributed by atoms with E-state index in [1.807, 2.05) is 31.2 Å². The van der Waals surface area contributed by atoms with Crippen LogP contribution in [-0.4, -0.2) is 22.6 Å². The molecule has 2 heterocycles. The normalized spacial score (nSPS) is 16.2. The lowest BCUT2D eigenvalue weighted by atomic mass is 10.1. The summed E-state index contributed by atoms with van der Waals surface area (Å²) in [6, 6.07) is 9.15. The van der Waals surface area contributed by atoms with E-state index in [2.05, 4.69) is 6.58 Å². The van der Waals surface area contributed by atoms with Gasteiger partial charge in [0.1, 0.15) is 11.5 Å². The van der Waals surface area contributed by atoms with Crippen molar-refractivity contribution in [2.45, 2.75) is 6.92 Å². The van der Waals surface area contributed by atoms with Gasteiger partial charge in [-0.25, -0.2) is 0 Å². The number of hydrogen-bond acceptors (Lipinski definition) is 4. The largest absolute Gasteiger partial charge is 0.457 e. The Morgan fingerprint density at radius 2 is 2.08 bits per heavy atom. The number of rotatable bonds is 4. The maximum Gasteiger partial charge on any atom is 0.293 e. The van der Waals surface area contributed by atoms with Crippen molar-refractivity contribution >= 4 is 40.6 Å². The molecule has 0 radical (unpaired) electrons. The minimum absolute atomic E-state index is 0.202. The molecular weight excluding hydrogens is 346 g/mol. The quantitative estimate of drug-likeness (QED) is 0.560. The van der Waals surface area contributed by atoms with E-state index in [-0.39, 0.29) is 17.7 Å². The Bertz CT molecular complexity index is 869. The molecular formula is C18H14ClNO3S. The molecule has 1 aromatic heterocycles. The topological polar surface area (TPSA) is 50.5 Å². The number of hydrogen-bond donors (Lipinski definition) is 0. The number of thioether (sulfide) groups is 1. The molecule has 1 saturated heterocycles.